The summed E-state index contributed by atoms with van der Waals surface area (Å²) >= 11 is 3.24. The van der Waals surface area contributed by atoms with Crippen molar-refractivity contribution >= 4 is 44.9 Å². The van der Waals surface area contributed by atoms with Crippen LogP contribution < -0.4 is 5.01 Å². The Morgan fingerprint density at radius 1 is 1.22 bits per heavy atom. The lowest BCUT2D eigenvalue weighted by Gasteiger charge is -2.20. The number of rotatable bonds is 5. The van der Waals surface area contributed by atoms with Crippen LogP contribution in [0.5, 0.6) is 0 Å². The predicted octanol–water partition coefficient (Wildman–Crippen LogP) is 3.04. The first kappa shape index (κ1) is 18.7. The first-order chi connectivity index (χ1) is 12.9. The van der Waals surface area contributed by atoms with Crippen LogP contribution in [0.25, 0.3) is 0 Å². The van der Waals surface area contributed by atoms with Gasteiger partial charge in [-0.2, -0.15) is 10.1 Å². The van der Waals surface area contributed by atoms with Gasteiger partial charge >= 0.3 is 5.97 Å². The third-order valence-electron chi connectivity index (χ3n) is 3.92. The van der Waals surface area contributed by atoms with Gasteiger partial charge in [0.25, 0.3) is 11.6 Å². The fourth-order valence-corrected chi connectivity index (χ4v) is 3.21. The summed E-state index contributed by atoms with van der Waals surface area (Å²) in [6, 6.07) is 14.1. The van der Waals surface area contributed by atoms with E-state index in [4.69, 9.17) is 4.74 Å². The van der Waals surface area contributed by atoms with Gasteiger partial charge < -0.3 is 4.74 Å². The zero-order valence-electron chi connectivity index (χ0n) is 14.2. The van der Waals surface area contributed by atoms with E-state index in [9.17, 15) is 19.7 Å². The molecule has 0 N–H and O–H groups in total. The Hall–Kier alpha value is -3.07. The Labute approximate surface area is 162 Å². The highest BCUT2D eigenvalue weighted by molar-refractivity contribution is 9.11. The maximum Gasteiger partial charge on any atom is 0.339 e. The van der Waals surface area contributed by atoms with Crippen LogP contribution in [0, 0.1) is 10.1 Å². The van der Waals surface area contributed by atoms with Crippen LogP contribution >= 0.6 is 15.9 Å². The number of benzene rings is 2. The van der Waals surface area contributed by atoms with Gasteiger partial charge in [0.2, 0.25) is 4.32 Å². The molecule has 0 fully saturated rings. The van der Waals surface area contributed by atoms with E-state index >= 15 is 0 Å². The van der Waals surface area contributed by atoms with E-state index in [1.807, 2.05) is 0 Å². The molecule has 0 saturated heterocycles. The van der Waals surface area contributed by atoms with Crippen LogP contribution in [0.3, 0.4) is 0 Å². The number of amides is 1. The predicted molar refractivity (Wildman–Crippen MR) is 102 cm³/mol. The van der Waals surface area contributed by atoms with E-state index in [1.54, 1.807) is 37.3 Å². The van der Waals surface area contributed by atoms with E-state index in [1.165, 1.54) is 24.3 Å². The second kappa shape index (κ2) is 7.28. The molecule has 0 radical (unpaired) electrons. The molecule has 9 heteroatoms. The van der Waals surface area contributed by atoms with Crippen molar-refractivity contribution in [3.8, 4) is 0 Å². The number of alkyl halides is 1. The quantitative estimate of drug-likeness (QED) is 0.238. The summed E-state index contributed by atoms with van der Waals surface area (Å²) in [5.41, 5.74) is 0.856. The summed E-state index contributed by atoms with van der Waals surface area (Å²) in [6.07, 6.45) is 0. The second-order valence-corrected chi connectivity index (χ2v) is 6.77. The Kier molecular flexibility index (Phi) is 5.04. The molecule has 8 nitrogen and oxygen atoms in total. The van der Waals surface area contributed by atoms with Crippen LogP contribution in [0.2, 0.25) is 0 Å². The molecule has 1 unspecified atom stereocenters. The van der Waals surface area contributed by atoms with Gasteiger partial charge in [0.1, 0.15) is 5.71 Å². The topological polar surface area (TPSA) is 102 Å². The molecule has 0 aliphatic carbocycles. The zero-order valence-corrected chi connectivity index (χ0v) is 15.8. The van der Waals surface area contributed by atoms with Gasteiger partial charge in [0.05, 0.1) is 17.2 Å². The number of nitro benzene ring substituents is 1. The molecule has 0 bridgehead atoms. The highest BCUT2D eigenvalue weighted by atomic mass is 79.9. The number of nitrogens with zero attached hydrogens (tertiary/aromatic N) is 3. The third kappa shape index (κ3) is 3.21. The molecule has 1 heterocycles. The second-order valence-electron chi connectivity index (χ2n) is 5.58. The molecular formula is C18H14BrN3O5. The molecule has 0 saturated carbocycles. The van der Waals surface area contributed by atoms with Crippen LogP contribution in [-0.2, 0) is 14.3 Å². The maximum absolute atomic E-state index is 13.1. The molecule has 0 spiro atoms. The lowest BCUT2D eigenvalue weighted by molar-refractivity contribution is -0.384. The molecule has 138 valence electrons. The van der Waals surface area contributed by atoms with Gasteiger partial charge in [0, 0.05) is 17.7 Å². The highest BCUT2D eigenvalue weighted by Crippen LogP contribution is 2.37. The third-order valence-corrected chi connectivity index (χ3v) is 4.96. The molecular weight excluding hydrogens is 418 g/mol. The molecule has 1 atom stereocenters. The number of non-ortho nitro benzene ring substituents is 1. The number of esters is 1. The summed E-state index contributed by atoms with van der Waals surface area (Å²) in [6.45, 7) is 1.71. The summed E-state index contributed by atoms with van der Waals surface area (Å²) in [5, 5.41) is 16.3. The van der Waals surface area contributed by atoms with Gasteiger partial charge in [-0.25, -0.2) is 4.79 Å². The SMILES string of the molecule is CCOC(=O)C1(Br)C(=O)N(c2ccccc2)N=C1c1ccc([N+](=O)[O-])cc1. The van der Waals surface area contributed by atoms with Crippen molar-refractivity contribution < 1.29 is 19.2 Å². The van der Waals surface area contributed by atoms with Gasteiger partial charge in [0.15, 0.2) is 0 Å². The number of nitro groups is 1. The van der Waals surface area contributed by atoms with Crippen molar-refractivity contribution in [2.75, 3.05) is 11.6 Å². The minimum atomic E-state index is -1.84. The molecule has 3 rings (SSSR count). The summed E-state index contributed by atoms with van der Waals surface area (Å²) in [5.74, 6) is -1.42. The fraction of sp³-hybridized carbons (Fsp3) is 0.167. The summed E-state index contributed by atoms with van der Waals surface area (Å²) in [7, 11) is 0. The van der Waals surface area contributed by atoms with E-state index in [-0.39, 0.29) is 18.0 Å². The van der Waals surface area contributed by atoms with Crippen molar-refractivity contribution in [1.82, 2.24) is 0 Å². The molecule has 0 aromatic heterocycles. The van der Waals surface area contributed by atoms with Gasteiger partial charge in [-0.15, -0.1) is 0 Å². The Morgan fingerprint density at radius 2 is 1.85 bits per heavy atom. The van der Waals surface area contributed by atoms with Gasteiger partial charge in [-0.1, -0.05) is 34.1 Å². The molecule has 2 aromatic rings. The van der Waals surface area contributed by atoms with Crippen molar-refractivity contribution in [1.29, 1.82) is 0 Å². The van der Waals surface area contributed by atoms with Crippen LogP contribution in [0.1, 0.15) is 12.5 Å². The lowest BCUT2D eigenvalue weighted by Crippen LogP contribution is -2.49. The Balaban J connectivity index is 2.11. The highest BCUT2D eigenvalue weighted by Gasteiger charge is 2.57. The minimum absolute atomic E-state index is 0.0817. The van der Waals surface area contributed by atoms with Crippen LogP contribution in [0.4, 0.5) is 11.4 Å². The number of carbonyl (C=O) groups is 2. The number of carbonyl (C=O) groups excluding carboxylic acids is 2. The van der Waals surface area contributed by atoms with E-state index < -0.39 is 21.1 Å². The van der Waals surface area contributed by atoms with Crippen molar-refractivity contribution in [2.45, 2.75) is 11.2 Å². The average Bonchev–Trinajstić information content (AvgIpc) is 2.95. The summed E-state index contributed by atoms with van der Waals surface area (Å²) < 4.78 is 3.24. The van der Waals surface area contributed by atoms with E-state index in [2.05, 4.69) is 21.0 Å². The average molecular weight is 432 g/mol. The first-order valence-corrected chi connectivity index (χ1v) is 8.78. The van der Waals surface area contributed by atoms with E-state index in [0.717, 1.165) is 5.01 Å². The molecule has 1 amide bonds. The number of hydrazone groups is 1. The smallest absolute Gasteiger partial charge is 0.339 e. The first-order valence-electron chi connectivity index (χ1n) is 7.99. The largest absolute Gasteiger partial charge is 0.464 e. The number of halogens is 1. The molecule has 1 aliphatic heterocycles. The van der Waals surface area contributed by atoms with Crippen molar-refractivity contribution in [3.63, 3.8) is 0 Å². The van der Waals surface area contributed by atoms with Crippen molar-refractivity contribution in [2.24, 2.45) is 5.10 Å². The lowest BCUT2D eigenvalue weighted by atomic mass is 9.96. The Morgan fingerprint density at radius 3 is 2.41 bits per heavy atom. The van der Waals surface area contributed by atoms with Gasteiger partial charge in [-0.05, 0) is 31.2 Å². The fourth-order valence-electron chi connectivity index (χ4n) is 2.62. The number of ether oxygens (including phenoxy) is 1. The maximum atomic E-state index is 13.1. The molecule has 27 heavy (non-hydrogen) atoms. The van der Waals surface area contributed by atoms with Gasteiger partial charge in [-0.3, -0.25) is 14.9 Å². The number of para-hydroxylation sites is 1. The van der Waals surface area contributed by atoms with Crippen molar-refractivity contribution in [3.05, 3.63) is 70.3 Å². The molecule has 1 aliphatic rings. The number of hydrogen-bond donors (Lipinski definition) is 0. The monoisotopic (exact) mass is 431 g/mol. The molecule has 2 aromatic carbocycles. The minimum Gasteiger partial charge on any atom is -0.464 e. The van der Waals surface area contributed by atoms with Crippen LogP contribution in [-0.4, -0.2) is 33.4 Å². The summed E-state index contributed by atoms with van der Waals surface area (Å²) in [4.78, 5) is 36.0. The number of anilines is 1. The standard InChI is InChI=1S/C18H14BrN3O5/c1-2-27-17(24)18(19)15(12-8-10-14(11-9-12)22(25)26)20-21(16(18)23)13-6-4-3-5-7-13/h3-11H,2H2,1H3. The zero-order chi connectivity index (χ0) is 19.6. The number of hydrogen-bond acceptors (Lipinski definition) is 6. The normalized spacial score (nSPS) is 19.0. The van der Waals surface area contributed by atoms with E-state index in [0.29, 0.717) is 11.3 Å². The Bertz CT molecular complexity index is 930. The van der Waals surface area contributed by atoms with Crippen LogP contribution in [0.15, 0.2) is 59.7 Å².